The Bertz CT molecular complexity index is 911. The van der Waals surface area contributed by atoms with Gasteiger partial charge in [-0.1, -0.05) is 13.3 Å². The summed E-state index contributed by atoms with van der Waals surface area (Å²) in [5, 5.41) is 0.0517. The molecule has 0 N–H and O–H groups in total. The molecule has 3 aromatic rings. The van der Waals surface area contributed by atoms with Gasteiger partial charge in [-0.25, -0.2) is 0 Å². The molecule has 149 valence electrons. The number of halogens is 1. The average Bonchev–Trinajstić information content (AvgIpc) is 2.74. The molecule has 0 nitrogen and oxygen atoms in total. The zero-order valence-electron chi connectivity index (χ0n) is 17.7. The van der Waals surface area contributed by atoms with Crippen LogP contribution in [0.15, 0.2) is 84.9 Å². The summed E-state index contributed by atoms with van der Waals surface area (Å²) in [6.07, 6.45) is 7.83. The van der Waals surface area contributed by atoms with E-state index in [2.05, 4.69) is 119 Å². The van der Waals surface area contributed by atoms with Crippen LogP contribution in [0.1, 0.15) is 50.3 Å². The molecule has 0 saturated carbocycles. The normalized spacial score (nSPS) is 11.8. The molecule has 0 unspecified atom stereocenters. The second-order valence-electron chi connectivity index (χ2n) is 7.96. The zero-order chi connectivity index (χ0) is 20.5. The fourth-order valence-corrected chi connectivity index (χ4v) is 5.66. The van der Waals surface area contributed by atoms with E-state index in [1.807, 2.05) is 0 Å². The van der Waals surface area contributed by atoms with Crippen molar-refractivity contribution < 1.29 is 21.2 Å². The number of hydrogen-bond donors (Lipinski definition) is 0. The van der Waals surface area contributed by atoms with Crippen LogP contribution in [-0.4, -0.2) is 7.28 Å². The second-order valence-corrected chi connectivity index (χ2v) is 11.0. The third-order valence-corrected chi connectivity index (χ3v) is 7.74. The molecule has 3 aromatic carbocycles. The molecule has 3 rings (SSSR count). The minimum absolute atomic E-state index is 0.0517. The third kappa shape index (κ3) is 6.88. The van der Waals surface area contributed by atoms with E-state index in [9.17, 15) is 0 Å². The van der Waals surface area contributed by atoms with Gasteiger partial charge in [0.2, 0.25) is 0 Å². The van der Waals surface area contributed by atoms with Gasteiger partial charge in [0.15, 0.2) is 0 Å². The maximum atomic E-state index is 2.45. The van der Waals surface area contributed by atoms with Gasteiger partial charge in [-0.2, -0.15) is 0 Å². The number of hydrogen-bond acceptors (Lipinski definition) is 0. The van der Waals surface area contributed by atoms with Gasteiger partial charge in [-0.15, -0.1) is 0 Å². The molecule has 0 saturated heterocycles. The summed E-state index contributed by atoms with van der Waals surface area (Å²) in [5.74, 6) is 0. The average molecular weight is 492 g/mol. The van der Waals surface area contributed by atoms with Gasteiger partial charge in [0.1, 0.15) is 0 Å². The number of allylic oxidation sites excluding steroid dienone is 1. The molecule has 0 aliphatic rings. The third-order valence-electron chi connectivity index (χ3n) is 5.11. The fraction of sp³-hybridized carbons (Fsp3) is 0.259. The molecular weight excluding hydrogens is 462 g/mol. The molecule has 0 heterocycles. The predicted molar refractivity (Wildman–Crippen MR) is 123 cm³/mol. The summed E-state index contributed by atoms with van der Waals surface area (Å²) in [6, 6.07) is 29.0. The van der Waals surface area contributed by atoms with E-state index >= 15 is 0 Å². The predicted octanol–water partition coefficient (Wildman–Crippen LogP) is 3.77. The van der Waals surface area contributed by atoms with Crippen LogP contribution in [0, 0.1) is 7.14 Å². The first kappa shape index (κ1) is 21.9. The van der Waals surface area contributed by atoms with E-state index in [4.69, 9.17) is 0 Å². The van der Waals surface area contributed by atoms with Gasteiger partial charge in [0.05, 0.1) is 0 Å². The quantitative estimate of drug-likeness (QED) is 0.316. The van der Waals surface area contributed by atoms with Crippen LogP contribution in [0.5, 0.6) is 0 Å². The van der Waals surface area contributed by atoms with Gasteiger partial charge >= 0.3 is 169 Å². The Morgan fingerprint density at radius 1 is 0.862 bits per heavy atom. The Labute approximate surface area is 188 Å². The maximum absolute atomic E-state index is 2.45. The van der Waals surface area contributed by atoms with Crippen molar-refractivity contribution in [2.24, 2.45) is 0 Å². The van der Waals surface area contributed by atoms with Crippen molar-refractivity contribution in [2.75, 3.05) is 0 Å². The monoisotopic (exact) mass is 492 g/mol. The molecule has 0 bridgehead atoms. The fourth-order valence-electron chi connectivity index (χ4n) is 3.23. The van der Waals surface area contributed by atoms with E-state index in [0.29, 0.717) is 0 Å². The summed E-state index contributed by atoms with van der Waals surface area (Å²) in [7, 11) is 2.45. The zero-order valence-corrected chi connectivity index (χ0v) is 19.9. The molecular formula is C27H30BI-. The van der Waals surface area contributed by atoms with Gasteiger partial charge in [-0.3, -0.25) is 0 Å². The number of rotatable bonds is 9. The van der Waals surface area contributed by atoms with Gasteiger partial charge in [-0.05, 0) is 6.42 Å². The van der Waals surface area contributed by atoms with Crippen molar-refractivity contribution in [3.8, 4) is 0 Å². The molecule has 29 heavy (non-hydrogen) atoms. The second kappa shape index (κ2) is 10.8. The molecule has 0 amide bonds. The van der Waals surface area contributed by atoms with Crippen molar-refractivity contribution in [3.63, 3.8) is 0 Å². The topological polar surface area (TPSA) is 0 Å². The van der Waals surface area contributed by atoms with E-state index in [1.165, 1.54) is 30.3 Å². The van der Waals surface area contributed by atoms with E-state index in [-0.39, 0.29) is 26.5 Å². The number of unbranched alkanes of at least 4 members (excludes halogenated alkanes) is 1. The van der Waals surface area contributed by atoms with Crippen LogP contribution in [0.4, 0.5) is 0 Å². The Morgan fingerprint density at radius 3 is 2.31 bits per heavy atom. The van der Waals surface area contributed by atoms with Crippen molar-refractivity contribution >= 4 is 13.4 Å². The Kier molecular flexibility index (Phi) is 8.17. The summed E-state index contributed by atoms with van der Waals surface area (Å²) in [6.45, 7) is 6.84. The molecule has 0 atom stereocenters. The first-order valence-electron chi connectivity index (χ1n) is 10.5. The van der Waals surface area contributed by atoms with Crippen LogP contribution >= 0.6 is 0 Å². The minimum atomic E-state index is -0.104. The Hall–Kier alpha value is -1.81. The Morgan fingerprint density at radius 2 is 1.59 bits per heavy atom. The van der Waals surface area contributed by atoms with Gasteiger partial charge in [0, 0.05) is 0 Å². The molecule has 0 aromatic heterocycles. The summed E-state index contributed by atoms with van der Waals surface area (Å²) < 4.78 is 2.96. The molecule has 0 fully saturated rings. The molecule has 1 radical (unpaired) electrons. The number of benzene rings is 3. The van der Waals surface area contributed by atoms with Crippen LogP contribution in [-0.2, 0) is 11.6 Å². The van der Waals surface area contributed by atoms with Gasteiger partial charge in [0.25, 0.3) is 0 Å². The van der Waals surface area contributed by atoms with Gasteiger partial charge < -0.3 is 0 Å². The Balaban J connectivity index is 1.61. The molecule has 0 aliphatic heterocycles. The first-order valence-corrected chi connectivity index (χ1v) is 12.6. The summed E-state index contributed by atoms with van der Waals surface area (Å²) >= 11 is -0.104. The van der Waals surface area contributed by atoms with E-state index in [1.54, 1.807) is 0 Å². The van der Waals surface area contributed by atoms with Crippen molar-refractivity contribution in [2.45, 2.75) is 45.2 Å². The summed E-state index contributed by atoms with van der Waals surface area (Å²) in [4.78, 5) is 0. The first-order chi connectivity index (χ1) is 14.1. The van der Waals surface area contributed by atoms with E-state index in [0.717, 1.165) is 12.7 Å². The van der Waals surface area contributed by atoms with Crippen LogP contribution in [0.3, 0.4) is 0 Å². The molecule has 0 spiro atoms. The van der Waals surface area contributed by atoms with Crippen LogP contribution in [0.25, 0.3) is 6.08 Å². The standard InChI is InChI=1S/C27H30BI/c1-4-5-7-11-22-16-18-24(19-17-22)27(2,3)28-21-23-12-10-15-26(20-23)29-25-13-8-6-9-14-25/h6-20H,4-5,21H2,1-3H3/q-1/b11-7+. The van der Waals surface area contributed by atoms with Crippen molar-refractivity contribution in [3.05, 3.63) is 109 Å². The van der Waals surface area contributed by atoms with Crippen LogP contribution < -0.4 is 21.2 Å². The molecule has 0 aliphatic carbocycles. The van der Waals surface area contributed by atoms with Crippen molar-refractivity contribution in [1.29, 1.82) is 0 Å². The summed E-state index contributed by atoms with van der Waals surface area (Å²) in [5.41, 5.74) is 4.07. The molecule has 2 heteroatoms. The SMILES string of the molecule is CCC/C=C/c1ccc(C(C)(C)[B]Cc2cccc([I-]c3ccccc3)c2)cc1. The van der Waals surface area contributed by atoms with E-state index < -0.39 is 0 Å². The van der Waals surface area contributed by atoms with Crippen LogP contribution in [0.2, 0.25) is 0 Å². The van der Waals surface area contributed by atoms with Crippen molar-refractivity contribution in [1.82, 2.24) is 0 Å².